The van der Waals surface area contributed by atoms with Gasteiger partial charge in [0.15, 0.2) is 0 Å². The van der Waals surface area contributed by atoms with Crippen molar-refractivity contribution >= 4 is 149 Å². The van der Waals surface area contributed by atoms with Gasteiger partial charge in [-0.25, -0.2) is 19.9 Å². The normalized spacial score (nSPS) is 12.1. The third kappa shape index (κ3) is 8.58. The van der Waals surface area contributed by atoms with Crippen molar-refractivity contribution in [3.8, 4) is 39.3 Å². The first-order valence-electron chi connectivity index (χ1n) is 34.4. The third-order valence-electron chi connectivity index (χ3n) is 20.7. The van der Waals surface area contributed by atoms with Crippen LogP contribution in [0.15, 0.2) is 314 Å². The number of hydrogen-bond donors (Lipinski definition) is 0. The van der Waals surface area contributed by atoms with Gasteiger partial charge in [-0.2, -0.15) is 0 Å². The maximum absolute atomic E-state index is 5.89. The van der Waals surface area contributed by atoms with Crippen molar-refractivity contribution in [2.75, 3.05) is 0 Å². The molecule has 23 aromatic rings. The van der Waals surface area contributed by atoms with Crippen molar-refractivity contribution in [3.63, 3.8) is 0 Å². The lowest BCUT2D eigenvalue weighted by Gasteiger charge is -2.09. The van der Waals surface area contributed by atoms with Crippen LogP contribution in [0.4, 0.5) is 0 Å². The maximum atomic E-state index is 5.89. The summed E-state index contributed by atoms with van der Waals surface area (Å²) in [7, 11) is 4.23. The predicted molar refractivity (Wildman–Crippen MR) is 417 cm³/mol. The Hall–Kier alpha value is -13.8. The number of para-hydroxylation sites is 12. The molecule has 0 aliphatic rings. The van der Waals surface area contributed by atoms with Crippen LogP contribution < -0.4 is 0 Å². The highest BCUT2D eigenvalue weighted by Crippen LogP contribution is 2.40. The zero-order valence-electron chi connectivity index (χ0n) is 55.7. The summed E-state index contributed by atoms with van der Waals surface area (Å²) in [6.45, 7) is 2.13. The molecule has 10 heterocycles. The van der Waals surface area contributed by atoms with Crippen LogP contribution in [0.3, 0.4) is 0 Å². The van der Waals surface area contributed by atoms with Gasteiger partial charge < -0.3 is 18.1 Å². The second-order valence-corrected chi connectivity index (χ2v) is 26.5. The molecule has 13 heteroatoms. The van der Waals surface area contributed by atoms with E-state index in [1.54, 1.807) is 6.20 Å². The van der Waals surface area contributed by atoms with Gasteiger partial charge in [0.25, 0.3) is 0 Å². The molecule has 102 heavy (non-hydrogen) atoms. The van der Waals surface area contributed by atoms with Gasteiger partial charge in [0.05, 0.1) is 77.2 Å². The zero-order chi connectivity index (χ0) is 67.4. The Bertz CT molecular complexity index is 7340. The van der Waals surface area contributed by atoms with Crippen LogP contribution in [0.5, 0.6) is 0 Å². The number of fused-ring (bicyclic) bond motifs is 24. The van der Waals surface area contributed by atoms with E-state index in [9.17, 15) is 0 Å². The van der Waals surface area contributed by atoms with Crippen molar-refractivity contribution in [1.29, 1.82) is 0 Å². The Morgan fingerprint density at radius 2 is 0.716 bits per heavy atom. The van der Waals surface area contributed by atoms with E-state index in [2.05, 4.69) is 341 Å². The van der Waals surface area contributed by atoms with Gasteiger partial charge >= 0.3 is 0 Å². The summed E-state index contributed by atoms with van der Waals surface area (Å²) in [5.74, 6) is 2.81. The van der Waals surface area contributed by atoms with E-state index in [0.717, 1.165) is 128 Å². The Balaban J connectivity index is 0.000000102. The Kier molecular flexibility index (Phi) is 12.4. The van der Waals surface area contributed by atoms with Gasteiger partial charge in [-0.15, -0.1) is 0 Å². The Morgan fingerprint density at radius 1 is 0.265 bits per heavy atom. The lowest BCUT2D eigenvalue weighted by atomic mass is 10.0. The van der Waals surface area contributed by atoms with Crippen LogP contribution in [0.1, 0.15) is 5.56 Å². The third-order valence-corrected chi connectivity index (χ3v) is 20.7. The molecule has 0 N–H and O–H groups in total. The zero-order valence-corrected chi connectivity index (χ0v) is 55.7. The Labute approximate surface area is 581 Å². The fourth-order valence-corrected chi connectivity index (χ4v) is 16.1. The molecule has 0 amide bonds. The van der Waals surface area contributed by atoms with E-state index in [0.29, 0.717) is 5.71 Å². The molecule has 0 aliphatic carbocycles. The highest BCUT2D eigenvalue weighted by Gasteiger charge is 2.22. The molecule has 0 unspecified atom stereocenters. The molecule has 0 radical (unpaired) electrons. The standard InChI is InChI=1S/C38H25N5.C26H19N3.C25H16N4O/c1-40-31-20-18-24(41-33-13-5-2-10-26(33)27-11-3-6-14-34(27)41)22-28(31)29-23-25(19-21-32(29)40)42-36-16-8-9-17-37(36)43-35-15-7-4-12-30(35)39-38(42)43;1-18-8-6-9-19(16-18)20-10-7-11-21(17-20)28-24-14-4-5-15-25(24)29-23-13-3-2-12-22(23)27-26(28)29;1-28-21-10-8-16(14-22(21)29-20-7-3-2-6-19(20)27-25(28)29)15-9-11-23-18(13-15)17-5-4-12-26-24(17)30-23/h2-23H,1H3;2-17H,1H3;2-14H,1H3. The van der Waals surface area contributed by atoms with E-state index >= 15 is 0 Å². The number of hydrogen-bond acceptors (Lipinski definition) is 5. The lowest BCUT2D eigenvalue weighted by Crippen LogP contribution is -1.95. The molecule has 13 aromatic carbocycles. The van der Waals surface area contributed by atoms with Crippen LogP contribution in [0.25, 0.3) is 189 Å². The number of aryl methyl sites for hydroxylation is 3. The van der Waals surface area contributed by atoms with Crippen molar-refractivity contribution in [1.82, 2.24) is 56.0 Å². The minimum absolute atomic E-state index is 0.676. The predicted octanol–water partition coefficient (Wildman–Crippen LogP) is 21.5. The van der Waals surface area contributed by atoms with Gasteiger partial charge in [0.2, 0.25) is 23.0 Å². The van der Waals surface area contributed by atoms with E-state index in [1.165, 1.54) is 60.3 Å². The molecule has 482 valence electrons. The van der Waals surface area contributed by atoms with E-state index < -0.39 is 0 Å². The van der Waals surface area contributed by atoms with E-state index in [4.69, 9.17) is 19.4 Å². The summed E-state index contributed by atoms with van der Waals surface area (Å²) in [6, 6.07) is 107. The van der Waals surface area contributed by atoms with Crippen molar-refractivity contribution in [3.05, 3.63) is 315 Å². The number of imidazole rings is 6. The summed E-state index contributed by atoms with van der Waals surface area (Å²) in [5, 5.41) is 7.13. The summed E-state index contributed by atoms with van der Waals surface area (Å²) >= 11 is 0. The monoisotopic (exact) mass is 1310 g/mol. The number of benzene rings is 13. The van der Waals surface area contributed by atoms with Crippen molar-refractivity contribution < 1.29 is 4.42 Å². The fraction of sp³-hybridized carbons (Fsp3) is 0.0337. The van der Waals surface area contributed by atoms with Gasteiger partial charge in [-0.3, -0.25) is 22.3 Å². The second kappa shape index (κ2) is 22.1. The fourth-order valence-electron chi connectivity index (χ4n) is 16.1. The smallest absolute Gasteiger partial charge is 0.227 e. The highest BCUT2D eigenvalue weighted by molar-refractivity contribution is 6.13. The SMILES string of the molecule is Cc1cccc(-c2cccc(-n3c4ccccc4n4c5ccccc5nc34)c2)c1.Cn1c2ccc(-c3ccc4oc5ncccc5c4c3)cc2n2c3ccccc3nc12.Cn1c2ccc(-n3c4ccccc4c4ccccc43)cc2c2cc(-n3c4ccccc4n4c5ccccc5nc34)ccc21. The first-order chi connectivity index (χ1) is 50.3. The first kappa shape index (κ1) is 57.3. The molecule has 0 spiro atoms. The molecule has 23 rings (SSSR count). The van der Waals surface area contributed by atoms with Gasteiger partial charge in [-0.1, -0.05) is 151 Å². The average molecular weight is 1310 g/mol. The number of rotatable bonds is 5. The molecule has 10 aromatic heterocycles. The van der Waals surface area contributed by atoms with Crippen molar-refractivity contribution in [2.45, 2.75) is 6.92 Å². The molecule has 0 aliphatic heterocycles. The van der Waals surface area contributed by atoms with Crippen LogP contribution in [0.2, 0.25) is 0 Å². The topological polar surface area (TPSA) is 103 Å². The summed E-state index contributed by atoms with van der Waals surface area (Å²) in [4.78, 5) is 19.2. The van der Waals surface area contributed by atoms with Crippen LogP contribution in [-0.2, 0) is 14.1 Å². The average Bonchev–Trinajstić information content (AvgIpc) is 1.58. The maximum Gasteiger partial charge on any atom is 0.227 e. The van der Waals surface area contributed by atoms with Crippen LogP contribution in [-0.4, -0.2) is 56.0 Å². The lowest BCUT2D eigenvalue weighted by molar-refractivity contribution is 0.654. The minimum Gasteiger partial charge on any atom is -0.438 e. The molecule has 0 bridgehead atoms. The summed E-state index contributed by atoms with van der Waals surface area (Å²) in [6.07, 6.45) is 1.76. The number of nitrogens with zero attached hydrogens (tertiary/aromatic N) is 12. The molecule has 13 nitrogen and oxygen atoms in total. The number of furan rings is 1. The molecule has 0 atom stereocenters. The van der Waals surface area contributed by atoms with Crippen molar-refractivity contribution in [2.24, 2.45) is 14.1 Å². The first-order valence-corrected chi connectivity index (χ1v) is 34.4. The second-order valence-electron chi connectivity index (χ2n) is 26.5. The quantitative estimate of drug-likeness (QED) is 0.171. The summed E-state index contributed by atoms with van der Waals surface area (Å²) in [5.41, 5.74) is 29.1. The minimum atomic E-state index is 0.676. The van der Waals surface area contributed by atoms with Crippen LogP contribution >= 0.6 is 0 Å². The largest absolute Gasteiger partial charge is 0.438 e. The van der Waals surface area contributed by atoms with Crippen LogP contribution in [0, 0.1) is 6.92 Å². The summed E-state index contributed by atoms with van der Waals surface area (Å²) < 4.78 is 24.1. The van der Waals surface area contributed by atoms with E-state index in [1.807, 2.05) is 24.3 Å². The Morgan fingerprint density at radius 3 is 1.31 bits per heavy atom. The molecular formula is C89H60N12O. The molecule has 0 fully saturated rings. The molecule has 0 saturated carbocycles. The van der Waals surface area contributed by atoms with Gasteiger partial charge in [0, 0.05) is 80.7 Å². The van der Waals surface area contributed by atoms with Gasteiger partial charge in [-0.05, 0) is 187 Å². The molecular weight excluding hydrogens is 1250 g/mol. The van der Waals surface area contributed by atoms with Gasteiger partial charge in [0.1, 0.15) is 5.58 Å². The molecule has 0 saturated heterocycles. The van der Waals surface area contributed by atoms with E-state index in [-0.39, 0.29) is 0 Å². The number of aromatic nitrogens is 12. The number of pyridine rings is 1. The highest BCUT2D eigenvalue weighted by atomic mass is 16.3.